The highest BCUT2D eigenvalue weighted by molar-refractivity contribution is 5.88. The minimum absolute atomic E-state index is 0. The number of rotatable bonds is 6. The van der Waals surface area contributed by atoms with Gasteiger partial charge in [0.15, 0.2) is 0 Å². The van der Waals surface area contributed by atoms with Gasteiger partial charge in [-0.15, -0.1) is 12.4 Å². The summed E-state index contributed by atoms with van der Waals surface area (Å²) in [5, 5.41) is 5.97. The van der Waals surface area contributed by atoms with E-state index >= 15 is 0 Å². The second kappa shape index (κ2) is 8.99. The van der Waals surface area contributed by atoms with E-state index in [1.54, 1.807) is 17.0 Å². The zero-order chi connectivity index (χ0) is 16.9. The van der Waals surface area contributed by atoms with Crippen LogP contribution in [0.5, 0.6) is 0 Å². The highest BCUT2D eigenvalue weighted by Crippen LogP contribution is 2.27. The third kappa shape index (κ3) is 5.18. The van der Waals surface area contributed by atoms with Gasteiger partial charge < -0.3 is 15.5 Å². The molecule has 2 amide bonds. The Morgan fingerprint density at radius 2 is 2.00 bits per heavy atom. The first-order valence-electron chi connectivity index (χ1n) is 7.96. The second-order valence-corrected chi connectivity index (χ2v) is 6.21. The van der Waals surface area contributed by atoms with Gasteiger partial charge in [-0.2, -0.15) is 0 Å². The van der Waals surface area contributed by atoms with Gasteiger partial charge in [-0.25, -0.2) is 4.39 Å². The van der Waals surface area contributed by atoms with Gasteiger partial charge in [0, 0.05) is 19.6 Å². The largest absolute Gasteiger partial charge is 0.350 e. The van der Waals surface area contributed by atoms with Crippen molar-refractivity contribution < 1.29 is 14.0 Å². The number of hydrogen-bond donors (Lipinski definition) is 2. The highest BCUT2D eigenvalue weighted by Gasteiger charge is 2.39. The molecule has 0 saturated carbocycles. The molecule has 0 aromatic heterocycles. The predicted octanol–water partition coefficient (Wildman–Crippen LogP) is 1.71. The van der Waals surface area contributed by atoms with Crippen molar-refractivity contribution in [1.82, 2.24) is 15.5 Å². The fourth-order valence-electron chi connectivity index (χ4n) is 2.74. The van der Waals surface area contributed by atoms with Gasteiger partial charge in [0.1, 0.15) is 5.82 Å². The maximum absolute atomic E-state index is 12.8. The first-order chi connectivity index (χ1) is 10.9. The van der Waals surface area contributed by atoms with E-state index < -0.39 is 5.41 Å². The molecular formula is C17H25ClFN3O2. The lowest BCUT2D eigenvalue weighted by molar-refractivity contribution is -0.143. The molecule has 24 heavy (non-hydrogen) atoms. The monoisotopic (exact) mass is 357 g/mol. The Kier molecular flexibility index (Phi) is 7.63. The van der Waals surface area contributed by atoms with Crippen molar-refractivity contribution in [3.63, 3.8) is 0 Å². The number of carbonyl (C=O) groups excluding carboxylic acids is 2. The lowest BCUT2D eigenvalue weighted by atomic mass is 9.88. The summed E-state index contributed by atoms with van der Waals surface area (Å²) in [6.45, 7) is 6.16. The fourth-order valence-corrected chi connectivity index (χ4v) is 2.74. The third-order valence-electron chi connectivity index (χ3n) is 4.29. The number of carbonyl (C=O) groups is 2. The van der Waals surface area contributed by atoms with E-state index in [2.05, 4.69) is 10.6 Å². The quantitative estimate of drug-likeness (QED) is 0.814. The molecule has 0 spiro atoms. The Bertz CT molecular complexity index is 559. The van der Waals surface area contributed by atoms with Gasteiger partial charge in [0.25, 0.3) is 0 Å². The smallest absolute Gasteiger partial charge is 0.239 e. The third-order valence-corrected chi connectivity index (χ3v) is 4.29. The van der Waals surface area contributed by atoms with Crippen molar-refractivity contribution in [2.24, 2.45) is 5.41 Å². The normalized spacial score (nSPS) is 19.5. The molecule has 134 valence electrons. The van der Waals surface area contributed by atoms with Crippen LogP contribution in [-0.4, -0.2) is 42.9 Å². The van der Waals surface area contributed by atoms with Crippen molar-refractivity contribution in [1.29, 1.82) is 0 Å². The molecule has 1 atom stereocenters. The molecule has 0 bridgehead atoms. The van der Waals surface area contributed by atoms with Gasteiger partial charge in [0.05, 0.1) is 12.0 Å². The number of hydrogen-bond acceptors (Lipinski definition) is 3. The molecule has 5 nitrogen and oxygen atoms in total. The molecule has 7 heteroatoms. The Morgan fingerprint density at radius 3 is 2.54 bits per heavy atom. The molecule has 2 rings (SSSR count). The van der Waals surface area contributed by atoms with Gasteiger partial charge >= 0.3 is 0 Å². The summed E-state index contributed by atoms with van der Waals surface area (Å²) in [6.07, 6.45) is 0.791. The molecular weight excluding hydrogens is 333 g/mol. The van der Waals surface area contributed by atoms with Crippen molar-refractivity contribution in [3.05, 3.63) is 35.6 Å². The van der Waals surface area contributed by atoms with Crippen LogP contribution in [0.15, 0.2) is 24.3 Å². The molecule has 1 aliphatic heterocycles. The molecule has 1 aromatic rings. The maximum atomic E-state index is 12.8. The van der Waals surface area contributed by atoms with Crippen LogP contribution in [0.3, 0.4) is 0 Å². The maximum Gasteiger partial charge on any atom is 0.239 e. The predicted molar refractivity (Wildman–Crippen MR) is 93.3 cm³/mol. The molecule has 1 aromatic carbocycles. The van der Waals surface area contributed by atoms with Gasteiger partial charge in [-0.3, -0.25) is 9.59 Å². The number of halogens is 2. The van der Waals surface area contributed by atoms with Crippen molar-refractivity contribution in [2.45, 2.75) is 26.8 Å². The van der Waals surface area contributed by atoms with E-state index in [9.17, 15) is 14.0 Å². The lowest BCUT2D eigenvalue weighted by Crippen LogP contribution is -2.47. The van der Waals surface area contributed by atoms with Crippen LogP contribution in [0.1, 0.15) is 25.8 Å². The van der Waals surface area contributed by atoms with Crippen LogP contribution in [-0.2, 0) is 16.1 Å². The molecule has 1 aliphatic rings. The summed E-state index contributed by atoms with van der Waals surface area (Å²) < 4.78 is 12.8. The second-order valence-electron chi connectivity index (χ2n) is 6.21. The van der Waals surface area contributed by atoms with Crippen LogP contribution in [0.4, 0.5) is 4.39 Å². The van der Waals surface area contributed by atoms with Gasteiger partial charge in [0.2, 0.25) is 11.8 Å². The van der Waals surface area contributed by atoms with Crippen LogP contribution in [0.2, 0.25) is 0 Å². The van der Waals surface area contributed by atoms with Crippen LogP contribution in [0, 0.1) is 11.2 Å². The molecule has 1 saturated heterocycles. The summed E-state index contributed by atoms with van der Waals surface area (Å²) in [6, 6.07) is 5.97. The average Bonchev–Trinajstić information content (AvgIpc) is 2.99. The fraction of sp³-hybridized carbons (Fsp3) is 0.529. The standard InChI is InChI=1S/C17H24FN3O2.ClH/c1-3-21(16(23)17(2)8-9-19-12-17)11-15(22)20-10-13-4-6-14(18)7-5-13;/h4-7,19H,3,8-12H2,1-2H3,(H,20,22);1H. The molecule has 1 heterocycles. The van der Waals surface area contributed by atoms with Crippen LogP contribution in [0.25, 0.3) is 0 Å². The topological polar surface area (TPSA) is 61.4 Å². The van der Waals surface area contributed by atoms with Crippen LogP contribution < -0.4 is 10.6 Å². The first-order valence-corrected chi connectivity index (χ1v) is 7.96. The van der Waals surface area contributed by atoms with E-state index in [1.165, 1.54) is 12.1 Å². The minimum atomic E-state index is -0.423. The number of nitrogens with zero attached hydrogens (tertiary/aromatic N) is 1. The van der Waals surface area contributed by atoms with Crippen molar-refractivity contribution in [3.8, 4) is 0 Å². The summed E-state index contributed by atoms with van der Waals surface area (Å²) in [5.74, 6) is -0.498. The van der Waals surface area contributed by atoms with Crippen LogP contribution >= 0.6 is 12.4 Å². The van der Waals surface area contributed by atoms with Gasteiger partial charge in [-0.1, -0.05) is 12.1 Å². The zero-order valence-electron chi connectivity index (χ0n) is 14.1. The molecule has 0 aliphatic carbocycles. The lowest BCUT2D eigenvalue weighted by Gasteiger charge is -2.30. The van der Waals surface area contributed by atoms with E-state index in [0.29, 0.717) is 19.6 Å². The molecule has 1 unspecified atom stereocenters. The molecule has 0 radical (unpaired) electrons. The van der Waals surface area contributed by atoms with E-state index in [4.69, 9.17) is 0 Å². The van der Waals surface area contributed by atoms with Gasteiger partial charge in [-0.05, 0) is 44.5 Å². The number of amides is 2. The Hall–Kier alpha value is -1.66. The molecule has 2 N–H and O–H groups in total. The number of benzene rings is 1. The Morgan fingerprint density at radius 1 is 1.33 bits per heavy atom. The Balaban J connectivity index is 0.00000288. The average molecular weight is 358 g/mol. The number of likely N-dealkylation sites (N-methyl/N-ethyl adjacent to an activating group) is 1. The molecule has 1 fully saturated rings. The summed E-state index contributed by atoms with van der Waals surface area (Å²) in [5.41, 5.74) is 0.397. The summed E-state index contributed by atoms with van der Waals surface area (Å²) >= 11 is 0. The first kappa shape index (κ1) is 20.4. The van der Waals surface area contributed by atoms with Crippen molar-refractivity contribution in [2.75, 3.05) is 26.2 Å². The Labute approximate surface area is 148 Å². The minimum Gasteiger partial charge on any atom is -0.350 e. The van der Waals surface area contributed by atoms with E-state index in [0.717, 1.165) is 18.5 Å². The SMILES string of the molecule is CCN(CC(=O)NCc1ccc(F)cc1)C(=O)C1(C)CCNC1.Cl. The highest BCUT2D eigenvalue weighted by atomic mass is 35.5. The zero-order valence-corrected chi connectivity index (χ0v) is 14.9. The summed E-state index contributed by atoms with van der Waals surface area (Å²) in [7, 11) is 0. The van der Waals surface area contributed by atoms with E-state index in [-0.39, 0.29) is 36.6 Å². The van der Waals surface area contributed by atoms with E-state index in [1.807, 2.05) is 13.8 Å². The van der Waals surface area contributed by atoms with Crippen molar-refractivity contribution >= 4 is 24.2 Å². The number of nitrogens with one attached hydrogen (secondary N) is 2. The summed E-state index contributed by atoms with van der Waals surface area (Å²) in [4.78, 5) is 26.3.